The summed E-state index contributed by atoms with van der Waals surface area (Å²) in [5.41, 5.74) is 2.61. The topological polar surface area (TPSA) is 70.6 Å². The molecule has 0 bridgehead atoms. The van der Waals surface area contributed by atoms with Crippen LogP contribution in [0.4, 0.5) is 5.69 Å². The number of pyridine rings is 1. The number of rotatable bonds is 5. The zero-order chi connectivity index (χ0) is 22.0. The first kappa shape index (κ1) is 20.8. The van der Waals surface area contributed by atoms with Gasteiger partial charge >= 0.3 is 0 Å². The highest BCUT2D eigenvalue weighted by Crippen LogP contribution is 2.28. The molecule has 2 heterocycles. The lowest BCUT2D eigenvalue weighted by molar-refractivity contribution is -0.122. The Morgan fingerprint density at radius 2 is 1.90 bits per heavy atom. The zero-order valence-corrected chi connectivity index (χ0v) is 17.6. The van der Waals surface area contributed by atoms with Gasteiger partial charge in [-0.05, 0) is 55.0 Å². The molecule has 31 heavy (non-hydrogen) atoms. The van der Waals surface area contributed by atoms with Crippen LogP contribution in [0.3, 0.4) is 0 Å². The van der Waals surface area contributed by atoms with Crippen molar-refractivity contribution in [1.82, 2.24) is 9.88 Å². The van der Waals surface area contributed by atoms with Gasteiger partial charge in [-0.25, -0.2) is 4.90 Å². The van der Waals surface area contributed by atoms with E-state index in [0.29, 0.717) is 16.3 Å². The second-order valence-electron chi connectivity index (χ2n) is 7.43. The number of imide groups is 1. The third-order valence-electron chi connectivity index (χ3n) is 5.19. The van der Waals surface area contributed by atoms with Crippen molar-refractivity contribution in [2.75, 3.05) is 4.90 Å². The summed E-state index contributed by atoms with van der Waals surface area (Å²) < 4.78 is 0. The summed E-state index contributed by atoms with van der Waals surface area (Å²) in [6.45, 7) is 2.06. The number of carbonyl (C=O) groups is 3. The van der Waals surface area contributed by atoms with Gasteiger partial charge in [-0.1, -0.05) is 35.4 Å². The third kappa shape index (κ3) is 4.34. The molecule has 0 saturated carbocycles. The van der Waals surface area contributed by atoms with Gasteiger partial charge in [0, 0.05) is 29.5 Å². The smallest absolute Gasteiger partial charge is 0.257 e. The van der Waals surface area contributed by atoms with Gasteiger partial charge in [0.15, 0.2) is 0 Å². The molecular weight excluding hydrogens is 414 g/mol. The van der Waals surface area contributed by atoms with Crippen molar-refractivity contribution in [1.29, 1.82) is 0 Å². The van der Waals surface area contributed by atoms with E-state index in [0.717, 1.165) is 16.0 Å². The van der Waals surface area contributed by atoms with Gasteiger partial charge in [0.25, 0.3) is 11.8 Å². The lowest BCUT2D eigenvalue weighted by Gasteiger charge is -2.28. The molecule has 0 radical (unpaired) electrons. The average molecular weight is 434 g/mol. The van der Waals surface area contributed by atoms with Gasteiger partial charge in [-0.2, -0.15) is 0 Å². The third-order valence-corrected chi connectivity index (χ3v) is 5.44. The molecule has 1 atom stereocenters. The molecule has 0 N–H and O–H groups in total. The average Bonchev–Trinajstić information content (AvgIpc) is 3.06. The van der Waals surface area contributed by atoms with Crippen LogP contribution in [0, 0.1) is 6.92 Å². The highest BCUT2D eigenvalue weighted by atomic mass is 35.5. The van der Waals surface area contributed by atoms with E-state index in [1.54, 1.807) is 60.9 Å². The molecule has 156 valence electrons. The first-order valence-corrected chi connectivity index (χ1v) is 10.2. The Kier molecular flexibility index (Phi) is 5.82. The Bertz CT molecular complexity index is 1130. The van der Waals surface area contributed by atoms with Crippen LogP contribution in [-0.4, -0.2) is 33.6 Å². The normalized spacial score (nSPS) is 15.9. The number of nitrogens with zero attached hydrogens (tertiary/aromatic N) is 3. The van der Waals surface area contributed by atoms with Crippen LogP contribution in [-0.2, 0) is 16.1 Å². The number of benzene rings is 2. The van der Waals surface area contributed by atoms with E-state index in [1.165, 1.54) is 4.90 Å². The Labute approximate surface area is 185 Å². The first-order chi connectivity index (χ1) is 14.9. The molecule has 7 heteroatoms. The summed E-state index contributed by atoms with van der Waals surface area (Å²) in [5.74, 6) is -1.10. The van der Waals surface area contributed by atoms with Crippen molar-refractivity contribution in [3.63, 3.8) is 0 Å². The van der Waals surface area contributed by atoms with Crippen molar-refractivity contribution in [3.8, 4) is 0 Å². The summed E-state index contributed by atoms with van der Waals surface area (Å²) in [4.78, 5) is 46.2. The fraction of sp³-hybridized carbons (Fsp3) is 0.167. The molecule has 3 amide bonds. The quantitative estimate of drug-likeness (QED) is 0.570. The highest BCUT2D eigenvalue weighted by molar-refractivity contribution is 6.31. The van der Waals surface area contributed by atoms with E-state index in [-0.39, 0.29) is 24.8 Å². The van der Waals surface area contributed by atoms with Gasteiger partial charge in [-0.3, -0.25) is 19.4 Å². The maximum absolute atomic E-state index is 13.4. The fourth-order valence-electron chi connectivity index (χ4n) is 3.68. The number of aromatic nitrogens is 1. The van der Waals surface area contributed by atoms with E-state index in [2.05, 4.69) is 4.98 Å². The summed E-state index contributed by atoms with van der Waals surface area (Å²) in [5, 5.41) is 0.507. The summed E-state index contributed by atoms with van der Waals surface area (Å²) in [7, 11) is 0. The van der Waals surface area contributed by atoms with Crippen LogP contribution in [0.2, 0.25) is 5.02 Å². The predicted octanol–water partition coefficient (Wildman–Crippen LogP) is 4.02. The molecule has 1 aliphatic rings. The van der Waals surface area contributed by atoms with Crippen LogP contribution >= 0.6 is 11.6 Å². The van der Waals surface area contributed by atoms with Crippen molar-refractivity contribution < 1.29 is 14.4 Å². The van der Waals surface area contributed by atoms with Crippen molar-refractivity contribution in [3.05, 3.63) is 94.8 Å². The second-order valence-corrected chi connectivity index (χ2v) is 7.86. The highest BCUT2D eigenvalue weighted by Gasteiger charge is 2.44. The number of anilines is 1. The van der Waals surface area contributed by atoms with Gasteiger partial charge in [0.2, 0.25) is 5.91 Å². The van der Waals surface area contributed by atoms with Crippen LogP contribution in [0.25, 0.3) is 0 Å². The number of amides is 3. The molecule has 1 aromatic heterocycles. The van der Waals surface area contributed by atoms with E-state index < -0.39 is 11.9 Å². The standard InChI is InChI=1S/C24H20ClN3O3/c1-16-4-2-6-18(12-16)23(30)27(15-17-5-3-11-26-14-17)21-13-22(29)28(24(21)31)20-9-7-19(25)8-10-20/h2-12,14,21H,13,15H2,1H3. The molecule has 3 aromatic rings. The van der Waals surface area contributed by atoms with Crippen molar-refractivity contribution >= 4 is 35.0 Å². The zero-order valence-electron chi connectivity index (χ0n) is 16.9. The summed E-state index contributed by atoms with van der Waals surface area (Å²) in [6, 6.07) is 16.4. The summed E-state index contributed by atoms with van der Waals surface area (Å²) in [6.07, 6.45) is 3.21. The Morgan fingerprint density at radius 3 is 2.58 bits per heavy atom. The van der Waals surface area contributed by atoms with E-state index in [1.807, 2.05) is 19.1 Å². The van der Waals surface area contributed by atoms with Crippen LogP contribution in [0.5, 0.6) is 0 Å². The molecule has 1 aliphatic heterocycles. The molecule has 4 rings (SSSR count). The van der Waals surface area contributed by atoms with Crippen LogP contribution in [0.1, 0.15) is 27.9 Å². The van der Waals surface area contributed by atoms with Crippen LogP contribution in [0.15, 0.2) is 73.1 Å². The predicted molar refractivity (Wildman–Crippen MR) is 118 cm³/mol. The monoisotopic (exact) mass is 433 g/mol. The molecule has 0 aliphatic carbocycles. The maximum atomic E-state index is 13.4. The summed E-state index contributed by atoms with van der Waals surface area (Å²) >= 11 is 5.94. The molecule has 0 spiro atoms. The van der Waals surface area contributed by atoms with Gasteiger partial charge in [0.1, 0.15) is 6.04 Å². The lowest BCUT2D eigenvalue weighted by atomic mass is 10.1. The minimum atomic E-state index is -0.906. The Hall–Kier alpha value is -3.51. The van der Waals surface area contributed by atoms with E-state index in [4.69, 9.17) is 11.6 Å². The molecule has 1 unspecified atom stereocenters. The number of carbonyl (C=O) groups excluding carboxylic acids is 3. The fourth-order valence-corrected chi connectivity index (χ4v) is 3.80. The largest absolute Gasteiger partial charge is 0.322 e. The van der Waals surface area contributed by atoms with Crippen molar-refractivity contribution in [2.24, 2.45) is 0 Å². The number of aryl methyl sites for hydroxylation is 1. The van der Waals surface area contributed by atoms with Gasteiger partial charge < -0.3 is 4.90 Å². The molecule has 1 saturated heterocycles. The van der Waals surface area contributed by atoms with Gasteiger partial charge in [0.05, 0.1) is 12.1 Å². The minimum absolute atomic E-state index is 0.0840. The van der Waals surface area contributed by atoms with E-state index in [9.17, 15) is 14.4 Å². The van der Waals surface area contributed by atoms with Crippen molar-refractivity contribution in [2.45, 2.75) is 25.9 Å². The first-order valence-electron chi connectivity index (χ1n) is 9.83. The molecule has 6 nitrogen and oxygen atoms in total. The lowest BCUT2D eigenvalue weighted by Crippen LogP contribution is -2.45. The Balaban J connectivity index is 1.69. The van der Waals surface area contributed by atoms with Crippen LogP contribution < -0.4 is 4.90 Å². The molecule has 1 fully saturated rings. The number of hydrogen-bond donors (Lipinski definition) is 0. The number of halogens is 1. The maximum Gasteiger partial charge on any atom is 0.257 e. The second kappa shape index (κ2) is 8.70. The molecule has 2 aromatic carbocycles. The van der Waals surface area contributed by atoms with E-state index >= 15 is 0 Å². The van der Waals surface area contributed by atoms with Gasteiger partial charge in [-0.15, -0.1) is 0 Å². The SMILES string of the molecule is Cc1cccc(C(=O)N(Cc2cccnc2)C2CC(=O)N(c3ccc(Cl)cc3)C2=O)c1. The minimum Gasteiger partial charge on any atom is -0.322 e. The Morgan fingerprint density at radius 1 is 1.13 bits per heavy atom. The molecular formula is C24H20ClN3O3. The number of hydrogen-bond acceptors (Lipinski definition) is 4.